The lowest BCUT2D eigenvalue weighted by Crippen LogP contribution is -2.05. The molecular weight excluding hydrogens is 204 g/mol. The molecule has 2 nitrogen and oxygen atoms in total. The van der Waals surface area contributed by atoms with Crippen molar-refractivity contribution >= 4 is 37.2 Å². The highest BCUT2D eigenvalue weighted by molar-refractivity contribution is 7.25. The number of nitrogens with two attached hydrogens (primary N) is 1. The summed E-state index contributed by atoms with van der Waals surface area (Å²) in [5.74, 6) is 5.39. The third-order valence-electron chi connectivity index (χ3n) is 2.55. The van der Waals surface area contributed by atoms with Crippen LogP contribution in [0.4, 0.5) is 5.69 Å². The molecule has 0 spiro atoms. The predicted octanol–water partition coefficient (Wildman–Crippen LogP) is 3.34. The van der Waals surface area contributed by atoms with E-state index in [2.05, 4.69) is 41.8 Å². The van der Waals surface area contributed by atoms with E-state index >= 15 is 0 Å². The van der Waals surface area contributed by atoms with Crippen LogP contribution in [0.25, 0.3) is 20.2 Å². The minimum absolute atomic E-state index is 0.953. The monoisotopic (exact) mass is 214 g/mol. The highest BCUT2D eigenvalue weighted by atomic mass is 32.1. The van der Waals surface area contributed by atoms with E-state index in [1.54, 1.807) is 11.3 Å². The van der Waals surface area contributed by atoms with Crippen LogP contribution in [0.3, 0.4) is 0 Å². The first-order chi connectivity index (χ1) is 7.38. The van der Waals surface area contributed by atoms with Gasteiger partial charge in [-0.05, 0) is 18.2 Å². The molecule has 0 fully saturated rings. The van der Waals surface area contributed by atoms with Crippen molar-refractivity contribution in [2.45, 2.75) is 0 Å². The summed E-state index contributed by atoms with van der Waals surface area (Å²) < 4.78 is 2.59. The summed E-state index contributed by atoms with van der Waals surface area (Å²) in [6.07, 6.45) is 0. The molecule has 1 aromatic heterocycles. The first kappa shape index (κ1) is 8.71. The Kier molecular flexibility index (Phi) is 1.87. The van der Waals surface area contributed by atoms with Gasteiger partial charge in [-0.1, -0.05) is 24.3 Å². The zero-order valence-electron chi connectivity index (χ0n) is 8.03. The Morgan fingerprint density at radius 1 is 0.933 bits per heavy atom. The van der Waals surface area contributed by atoms with E-state index in [4.69, 9.17) is 5.84 Å². The van der Waals surface area contributed by atoms with Crippen LogP contribution in [0.1, 0.15) is 0 Å². The molecular formula is C12H10N2S. The Balaban J connectivity index is 2.43. The van der Waals surface area contributed by atoms with Crippen molar-refractivity contribution in [2.24, 2.45) is 5.84 Å². The molecule has 74 valence electrons. The number of anilines is 1. The van der Waals surface area contributed by atoms with E-state index in [0.717, 1.165) is 5.69 Å². The molecule has 0 saturated heterocycles. The Morgan fingerprint density at radius 3 is 2.60 bits per heavy atom. The van der Waals surface area contributed by atoms with Crippen molar-refractivity contribution in [2.75, 3.05) is 5.43 Å². The molecule has 3 heteroatoms. The van der Waals surface area contributed by atoms with E-state index < -0.39 is 0 Å². The molecule has 0 aliphatic rings. The van der Waals surface area contributed by atoms with Gasteiger partial charge in [0.2, 0.25) is 0 Å². The Bertz CT molecular complexity index is 628. The largest absolute Gasteiger partial charge is 0.324 e. The highest BCUT2D eigenvalue weighted by Gasteiger charge is 2.03. The highest BCUT2D eigenvalue weighted by Crippen LogP contribution is 2.34. The topological polar surface area (TPSA) is 38.0 Å². The molecule has 3 rings (SSSR count). The van der Waals surface area contributed by atoms with Crippen LogP contribution in [0, 0.1) is 0 Å². The number of fused-ring (bicyclic) bond motifs is 3. The van der Waals surface area contributed by atoms with Gasteiger partial charge in [0.15, 0.2) is 0 Å². The summed E-state index contributed by atoms with van der Waals surface area (Å²) in [5, 5.41) is 2.62. The van der Waals surface area contributed by atoms with Crippen molar-refractivity contribution < 1.29 is 0 Å². The number of hydrogen-bond donors (Lipinski definition) is 2. The number of benzene rings is 2. The molecule has 0 radical (unpaired) electrons. The lowest BCUT2D eigenvalue weighted by molar-refractivity contribution is 1.36. The molecule has 0 atom stereocenters. The Labute approximate surface area is 91.3 Å². The number of rotatable bonds is 1. The lowest BCUT2D eigenvalue weighted by atomic mass is 10.1. The van der Waals surface area contributed by atoms with Gasteiger partial charge < -0.3 is 5.43 Å². The smallest absolute Gasteiger partial charge is 0.0499 e. The fourth-order valence-corrected chi connectivity index (χ4v) is 2.96. The second-order valence-corrected chi connectivity index (χ2v) is 4.54. The second kappa shape index (κ2) is 3.22. The van der Waals surface area contributed by atoms with E-state index in [1.807, 2.05) is 6.07 Å². The summed E-state index contributed by atoms with van der Waals surface area (Å²) in [4.78, 5) is 0. The van der Waals surface area contributed by atoms with E-state index in [1.165, 1.54) is 20.2 Å². The van der Waals surface area contributed by atoms with Gasteiger partial charge in [-0.15, -0.1) is 11.3 Å². The fourth-order valence-electron chi connectivity index (χ4n) is 1.82. The molecule has 0 aliphatic carbocycles. The number of nitrogen functional groups attached to an aromatic ring is 1. The van der Waals surface area contributed by atoms with E-state index in [0.29, 0.717) is 0 Å². The maximum Gasteiger partial charge on any atom is 0.0499 e. The van der Waals surface area contributed by atoms with E-state index in [-0.39, 0.29) is 0 Å². The van der Waals surface area contributed by atoms with Crippen molar-refractivity contribution in [3.05, 3.63) is 42.5 Å². The quantitative estimate of drug-likeness (QED) is 0.481. The molecule has 0 aliphatic heterocycles. The molecule has 3 N–H and O–H groups in total. The molecule has 2 aromatic carbocycles. The average Bonchev–Trinajstić information content (AvgIpc) is 2.66. The number of hydrazine groups is 1. The molecule has 0 unspecified atom stereocenters. The molecule has 0 amide bonds. The van der Waals surface area contributed by atoms with Crippen LogP contribution in [0.15, 0.2) is 42.5 Å². The maximum absolute atomic E-state index is 5.39. The third-order valence-corrected chi connectivity index (χ3v) is 3.68. The van der Waals surface area contributed by atoms with Crippen LogP contribution < -0.4 is 11.3 Å². The summed E-state index contributed by atoms with van der Waals surface area (Å²) in [6, 6.07) is 14.6. The standard InChI is InChI=1S/C12H10N2S/c13-14-8-5-6-10-9-3-1-2-4-11(9)15-12(10)7-8/h1-7,14H,13H2. The normalized spacial score (nSPS) is 11.0. The summed E-state index contributed by atoms with van der Waals surface area (Å²) >= 11 is 1.80. The molecule has 3 aromatic rings. The Hall–Kier alpha value is -1.58. The van der Waals surface area contributed by atoms with Crippen LogP contribution >= 0.6 is 11.3 Å². The van der Waals surface area contributed by atoms with Crippen LogP contribution in [-0.2, 0) is 0 Å². The van der Waals surface area contributed by atoms with Crippen molar-refractivity contribution in [1.82, 2.24) is 0 Å². The summed E-state index contributed by atoms with van der Waals surface area (Å²) in [5.41, 5.74) is 3.62. The molecule has 1 heterocycles. The zero-order valence-corrected chi connectivity index (χ0v) is 8.84. The van der Waals surface area contributed by atoms with Gasteiger partial charge in [0.25, 0.3) is 0 Å². The van der Waals surface area contributed by atoms with Crippen LogP contribution in [-0.4, -0.2) is 0 Å². The molecule has 0 saturated carbocycles. The van der Waals surface area contributed by atoms with Crippen molar-refractivity contribution in [1.29, 1.82) is 0 Å². The van der Waals surface area contributed by atoms with E-state index in [9.17, 15) is 0 Å². The second-order valence-electron chi connectivity index (χ2n) is 3.45. The van der Waals surface area contributed by atoms with Gasteiger partial charge in [0.1, 0.15) is 0 Å². The summed E-state index contributed by atoms with van der Waals surface area (Å²) in [6.45, 7) is 0. The summed E-state index contributed by atoms with van der Waals surface area (Å²) in [7, 11) is 0. The van der Waals surface area contributed by atoms with Gasteiger partial charge in [0, 0.05) is 25.9 Å². The van der Waals surface area contributed by atoms with Gasteiger partial charge in [-0.3, -0.25) is 5.84 Å². The lowest BCUT2D eigenvalue weighted by Gasteiger charge is -1.98. The number of thiophene rings is 1. The number of hydrogen-bond acceptors (Lipinski definition) is 3. The SMILES string of the molecule is NNc1ccc2c(c1)sc1ccccc12. The Morgan fingerprint density at radius 2 is 1.73 bits per heavy atom. The maximum atomic E-state index is 5.39. The molecule has 15 heavy (non-hydrogen) atoms. The van der Waals surface area contributed by atoms with Gasteiger partial charge in [-0.2, -0.15) is 0 Å². The first-order valence-corrected chi connectivity index (χ1v) is 5.58. The van der Waals surface area contributed by atoms with Crippen molar-refractivity contribution in [3.8, 4) is 0 Å². The minimum Gasteiger partial charge on any atom is -0.324 e. The molecule has 0 bridgehead atoms. The number of nitrogens with one attached hydrogen (secondary N) is 1. The van der Waals surface area contributed by atoms with Crippen LogP contribution in [0.2, 0.25) is 0 Å². The van der Waals surface area contributed by atoms with Crippen molar-refractivity contribution in [3.63, 3.8) is 0 Å². The minimum atomic E-state index is 0.953. The third kappa shape index (κ3) is 1.28. The van der Waals surface area contributed by atoms with Gasteiger partial charge in [-0.25, -0.2) is 0 Å². The van der Waals surface area contributed by atoms with Crippen LogP contribution in [0.5, 0.6) is 0 Å². The fraction of sp³-hybridized carbons (Fsp3) is 0. The van der Waals surface area contributed by atoms with Gasteiger partial charge >= 0.3 is 0 Å². The average molecular weight is 214 g/mol. The van der Waals surface area contributed by atoms with Gasteiger partial charge in [0.05, 0.1) is 0 Å². The zero-order chi connectivity index (χ0) is 10.3. The first-order valence-electron chi connectivity index (χ1n) is 4.76. The predicted molar refractivity (Wildman–Crippen MR) is 67.1 cm³/mol.